The molecule has 1 aromatic carbocycles. The summed E-state index contributed by atoms with van der Waals surface area (Å²) < 4.78 is 13.1. The Bertz CT molecular complexity index is 1350. The van der Waals surface area contributed by atoms with Gasteiger partial charge in [0.15, 0.2) is 6.23 Å². The molecule has 8 nitrogen and oxygen atoms in total. The van der Waals surface area contributed by atoms with Gasteiger partial charge in [-0.3, -0.25) is 14.3 Å². The second-order valence-corrected chi connectivity index (χ2v) is 10.6. The van der Waals surface area contributed by atoms with E-state index in [1.54, 1.807) is 17.9 Å². The average Bonchev–Trinajstić information content (AvgIpc) is 2.97. The lowest BCUT2D eigenvalue weighted by molar-refractivity contribution is 0.0410. The number of rotatable bonds is 12. The number of allylic oxidation sites excluding steroid dienone is 4. The van der Waals surface area contributed by atoms with E-state index in [4.69, 9.17) is 39.1 Å². The number of piperazine rings is 1. The van der Waals surface area contributed by atoms with Gasteiger partial charge in [0.25, 0.3) is 5.56 Å². The van der Waals surface area contributed by atoms with Gasteiger partial charge in [-0.25, -0.2) is 4.79 Å². The van der Waals surface area contributed by atoms with Crippen molar-refractivity contribution in [1.82, 2.24) is 19.3 Å². The molecule has 222 valence electrons. The summed E-state index contributed by atoms with van der Waals surface area (Å²) >= 11 is 12.5. The molecule has 1 aromatic heterocycles. The van der Waals surface area contributed by atoms with Crippen LogP contribution in [0.1, 0.15) is 46.8 Å². The Kier molecular flexibility index (Phi) is 12.5. The molecule has 1 aliphatic rings. The lowest BCUT2D eigenvalue weighted by atomic mass is 10.2. The zero-order valence-corrected chi connectivity index (χ0v) is 25.9. The number of unbranched alkanes of at least 4 members (excludes halogenated alkanes) is 1. The fraction of sp³-hybridized carbons (Fsp3) is 0.484. The number of halogens is 2. The average molecular weight is 604 g/mol. The first-order valence-electron chi connectivity index (χ1n) is 14.1. The summed E-state index contributed by atoms with van der Waals surface area (Å²) in [7, 11) is 0. The number of ether oxygens (including phenoxy) is 2. The van der Waals surface area contributed by atoms with Crippen LogP contribution in [-0.4, -0.2) is 77.8 Å². The van der Waals surface area contributed by atoms with Gasteiger partial charge in [0.05, 0.1) is 22.2 Å². The molecule has 1 saturated heterocycles. The van der Waals surface area contributed by atoms with Crippen molar-refractivity contribution in [1.29, 1.82) is 0 Å². The van der Waals surface area contributed by atoms with Gasteiger partial charge in [0.2, 0.25) is 0 Å². The van der Waals surface area contributed by atoms with Gasteiger partial charge >= 0.3 is 6.09 Å². The van der Waals surface area contributed by atoms with E-state index in [1.807, 2.05) is 39.0 Å². The molecule has 0 saturated carbocycles. The summed E-state index contributed by atoms with van der Waals surface area (Å²) in [4.78, 5) is 31.5. The van der Waals surface area contributed by atoms with Crippen LogP contribution in [0.3, 0.4) is 0 Å². The number of terminal acetylenes is 1. The standard InChI is InChI=1S/C31H40Cl2N4O4/c1-6-11-27(32)30(33)23(4)36-19-17-34(18-20-36)16-9-10-21-40-26-14-12-25-13-15-29(38)37(28(25)22-26)24(5)41-31(39)35(7-2)8-3/h1,11-15,22,24H,7-10,16-21H2,2-5H3/b27-11+,30-23-. The van der Waals surface area contributed by atoms with Crippen LogP contribution < -0.4 is 10.3 Å². The van der Waals surface area contributed by atoms with Crippen molar-refractivity contribution < 1.29 is 14.3 Å². The van der Waals surface area contributed by atoms with Crippen LogP contribution in [0, 0.1) is 12.3 Å². The topological polar surface area (TPSA) is 67.2 Å². The molecular formula is C31H40Cl2N4O4. The number of carbonyl (C=O) groups excluding carboxylic acids is 1. The summed E-state index contributed by atoms with van der Waals surface area (Å²) in [6.07, 6.45) is 7.45. The van der Waals surface area contributed by atoms with Gasteiger partial charge in [-0.15, -0.1) is 6.42 Å². The van der Waals surface area contributed by atoms with Crippen molar-refractivity contribution in [3.63, 3.8) is 0 Å². The molecule has 2 heterocycles. The van der Waals surface area contributed by atoms with Crippen molar-refractivity contribution in [2.24, 2.45) is 0 Å². The number of hydrogen-bond donors (Lipinski definition) is 0. The van der Waals surface area contributed by atoms with E-state index in [2.05, 4.69) is 15.7 Å². The molecule has 1 fully saturated rings. The van der Waals surface area contributed by atoms with E-state index in [9.17, 15) is 9.59 Å². The Hall–Kier alpha value is -3.12. The molecule has 0 radical (unpaired) electrons. The number of carbonyl (C=O) groups is 1. The first-order valence-corrected chi connectivity index (χ1v) is 14.8. The number of hydrogen-bond acceptors (Lipinski definition) is 6. The zero-order chi connectivity index (χ0) is 29.9. The van der Waals surface area contributed by atoms with Crippen molar-refractivity contribution in [2.45, 2.75) is 46.8 Å². The molecule has 1 atom stereocenters. The lowest BCUT2D eigenvalue weighted by Crippen LogP contribution is -2.45. The Morgan fingerprint density at radius 1 is 1.12 bits per heavy atom. The molecular weight excluding hydrogens is 563 g/mol. The normalized spacial score (nSPS) is 15.7. The minimum Gasteiger partial charge on any atom is -0.494 e. The van der Waals surface area contributed by atoms with Crippen LogP contribution >= 0.6 is 23.2 Å². The number of nitrogens with zero attached hydrogens (tertiary/aromatic N) is 4. The lowest BCUT2D eigenvalue weighted by Gasteiger charge is -2.37. The van der Waals surface area contributed by atoms with E-state index in [-0.39, 0.29) is 5.56 Å². The van der Waals surface area contributed by atoms with Crippen LogP contribution in [0.25, 0.3) is 10.9 Å². The number of pyridine rings is 1. The number of benzene rings is 1. The minimum absolute atomic E-state index is 0.241. The Morgan fingerprint density at radius 2 is 1.80 bits per heavy atom. The third-order valence-electron chi connectivity index (χ3n) is 7.28. The maximum absolute atomic E-state index is 12.8. The molecule has 0 spiro atoms. The number of amides is 1. The third kappa shape index (κ3) is 8.68. The maximum Gasteiger partial charge on any atom is 0.411 e. The maximum atomic E-state index is 12.8. The Balaban J connectivity index is 1.51. The van der Waals surface area contributed by atoms with Crippen LogP contribution in [-0.2, 0) is 4.74 Å². The molecule has 10 heteroatoms. The van der Waals surface area contributed by atoms with E-state index >= 15 is 0 Å². The van der Waals surface area contributed by atoms with Crippen molar-refractivity contribution in [3.05, 3.63) is 62.5 Å². The zero-order valence-electron chi connectivity index (χ0n) is 24.4. The van der Waals surface area contributed by atoms with Crippen LogP contribution in [0.4, 0.5) is 4.79 Å². The van der Waals surface area contributed by atoms with Crippen LogP contribution in [0.2, 0.25) is 0 Å². The molecule has 0 N–H and O–H groups in total. The van der Waals surface area contributed by atoms with Gasteiger partial charge in [-0.05, 0) is 70.7 Å². The predicted octanol–water partition coefficient (Wildman–Crippen LogP) is 6.00. The van der Waals surface area contributed by atoms with E-state index in [1.165, 1.54) is 16.7 Å². The fourth-order valence-electron chi connectivity index (χ4n) is 4.84. The second-order valence-electron chi connectivity index (χ2n) is 9.86. The molecule has 2 aromatic rings. The molecule has 0 bridgehead atoms. The van der Waals surface area contributed by atoms with Crippen LogP contribution in [0.15, 0.2) is 57.0 Å². The highest BCUT2D eigenvalue weighted by molar-refractivity contribution is 6.44. The van der Waals surface area contributed by atoms with E-state index < -0.39 is 12.3 Å². The summed E-state index contributed by atoms with van der Waals surface area (Å²) in [5.41, 5.74) is 1.36. The third-order valence-corrected chi connectivity index (χ3v) is 8.15. The van der Waals surface area contributed by atoms with E-state index in [0.29, 0.717) is 41.0 Å². The summed E-state index contributed by atoms with van der Waals surface area (Å²) in [6.45, 7) is 13.7. The summed E-state index contributed by atoms with van der Waals surface area (Å²) in [5, 5.41) is 1.75. The summed E-state index contributed by atoms with van der Waals surface area (Å²) in [5.74, 6) is 3.08. The Morgan fingerprint density at radius 3 is 2.46 bits per heavy atom. The second kappa shape index (κ2) is 15.8. The van der Waals surface area contributed by atoms with Gasteiger partial charge in [-0.1, -0.05) is 29.1 Å². The number of fused-ring (bicyclic) bond motifs is 1. The summed E-state index contributed by atoms with van der Waals surface area (Å²) in [6, 6.07) is 8.91. The molecule has 41 heavy (non-hydrogen) atoms. The highest BCUT2D eigenvalue weighted by Crippen LogP contribution is 2.26. The van der Waals surface area contributed by atoms with Gasteiger partial charge in [0, 0.05) is 63.2 Å². The molecule has 3 rings (SSSR count). The van der Waals surface area contributed by atoms with E-state index in [0.717, 1.165) is 56.6 Å². The van der Waals surface area contributed by atoms with Crippen molar-refractivity contribution in [3.8, 4) is 18.1 Å². The Labute approximate surface area is 253 Å². The van der Waals surface area contributed by atoms with Crippen molar-refractivity contribution >= 4 is 40.2 Å². The first-order chi connectivity index (χ1) is 19.7. The quantitative estimate of drug-likeness (QED) is 0.169. The van der Waals surface area contributed by atoms with Crippen molar-refractivity contribution in [2.75, 3.05) is 52.4 Å². The van der Waals surface area contributed by atoms with Gasteiger partial charge in [0.1, 0.15) is 5.75 Å². The molecule has 1 amide bonds. The van der Waals surface area contributed by atoms with Gasteiger partial charge < -0.3 is 19.3 Å². The molecule has 1 aliphatic heterocycles. The number of aromatic nitrogens is 1. The molecule has 1 unspecified atom stereocenters. The first kappa shape index (κ1) is 32.4. The monoisotopic (exact) mass is 602 g/mol. The fourth-order valence-corrected chi connectivity index (χ4v) is 5.21. The highest BCUT2D eigenvalue weighted by Gasteiger charge is 2.20. The van der Waals surface area contributed by atoms with Gasteiger partial charge in [-0.2, -0.15) is 0 Å². The SMILES string of the molecule is C#C/C=C(Cl)\C(Cl)=C(/C)N1CCN(CCCCOc2ccc3ccc(=O)n(C(C)OC(=O)N(CC)CC)c3c2)CC1. The van der Waals surface area contributed by atoms with Crippen LogP contribution in [0.5, 0.6) is 5.75 Å². The smallest absolute Gasteiger partial charge is 0.411 e. The molecule has 0 aliphatic carbocycles. The highest BCUT2D eigenvalue weighted by atomic mass is 35.5. The largest absolute Gasteiger partial charge is 0.494 e. The minimum atomic E-state index is -0.762. The predicted molar refractivity (Wildman–Crippen MR) is 166 cm³/mol.